The Morgan fingerprint density at radius 1 is 1.16 bits per heavy atom. The molecule has 2 fully saturated rings. The fourth-order valence-corrected chi connectivity index (χ4v) is 4.42. The monoisotopic (exact) mass is 449 g/mol. The SMILES string of the molecule is Cc1cccc(CN2CCC3(CC2)NC(=O)CC3c2ccccc2)n1.O=C(O)C(F)(F)F. The van der Waals surface area contributed by atoms with Gasteiger partial charge in [0.25, 0.3) is 0 Å². The minimum absolute atomic E-state index is 0.0744. The van der Waals surface area contributed by atoms with Crippen molar-refractivity contribution in [2.24, 2.45) is 0 Å². The lowest BCUT2D eigenvalue weighted by molar-refractivity contribution is -0.192. The summed E-state index contributed by atoms with van der Waals surface area (Å²) >= 11 is 0. The van der Waals surface area contributed by atoms with Gasteiger partial charge in [0, 0.05) is 43.2 Å². The van der Waals surface area contributed by atoms with Crippen molar-refractivity contribution in [3.63, 3.8) is 0 Å². The molecule has 3 heterocycles. The number of amides is 1. The summed E-state index contributed by atoms with van der Waals surface area (Å²) in [6.45, 7) is 4.92. The van der Waals surface area contributed by atoms with Gasteiger partial charge in [-0.3, -0.25) is 14.7 Å². The van der Waals surface area contributed by atoms with Gasteiger partial charge in [-0.1, -0.05) is 36.4 Å². The van der Waals surface area contributed by atoms with E-state index in [1.54, 1.807) is 0 Å². The fraction of sp³-hybridized carbons (Fsp3) is 0.435. The number of aryl methyl sites for hydroxylation is 1. The van der Waals surface area contributed by atoms with Gasteiger partial charge in [0.1, 0.15) is 0 Å². The molecule has 0 aliphatic carbocycles. The van der Waals surface area contributed by atoms with Crippen LogP contribution in [0.4, 0.5) is 13.2 Å². The first kappa shape index (κ1) is 23.7. The van der Waals surface area contributed by atoms with Crippen LogP contribution in [0.25, 0.3) is 0 Å². The standard InChI is InChI=1S/C21H25N3O.C2HF3O2/c1-16-6-5-9-18(22-16)15-24-12-10-21(11-13-24)19(14-20(25)23-21)17-7-3-2-4-8-17;3-2(4,5)1(6)7/h2-9,19H,10-15H2,1H3,(H,23,25);(H,6,7). The quantitative estimate of drug-likeness (QED) is 0.748. The largest absolute Gasteiger partial charge is 0.490 e. The minimum Gasteiger partial charge on any atom is -0.475 e. The van der Waals surface area contributed by atoms with Crippen molar-refractivity contribution in [1.29, 1.82) is 0 Å². The first-order chi connectivity index (χ1) is 15.1. The van der Waals surface area contributed by atoms with Gasteiger partial charge in [-0.25, -0.2) is 4.79 Å². The van der Waals surface area contributed by atoms with Gasteiger partial charge < -0.3 is 10.4 Å². The van der Waals surface area contributed by atoms with Crippen LogP contribution in [-0.4, -0.2) is 51.7 Å². The number of carboxylic acids is 1. The number of hydrogen-bond donors (Lipinski definition) is 2. The molecule has 4 rings (SSSR count). The van der Waals surface area contributed by atoms with Crippen LogP contribution in [0, 0.1) is 6.92 Å². The number of benzene rings is 1. The number of aromatic nitrogens is 1. The third kappa shape index (κ3) is 5.85. The number of carbonyl (C=O) groups excluding carboxylic acids is 1. The smallest absolute Gasteiger partial charge is 0.475 e. The molecule has 1 unspecified atom stereocenters. The van der Waals surface area contributed by atoms with Crippen LogP contribution < -0.4 is 5.32 Å². The van der Waals surface area contributed by atoms with E-state index in [4.69, 9.17) is 9.90 Å². The molecule has 172 valence electrons. The minimum atomic E-state index is -5.08. The Hall–Kier alpha value is -2.94. The number of aliphatic carboxylic acids is 1. The van der Waals surface area contributed by atoms with Crippen molar-refractivity contribution < 1.29 is 27.9 Å². The molecular weight excluding hydrogens is 423 g/mol. The topological polar surface area (TPSA) is 82.5 Å². The Labute approximate surface area is 184 Å². The van der Waals surface area contributed by atoms with Gasteiger partial charge in [-0.2, -0.15) is 13.2 Å². The van der Waals surface area contributed by atoms with Gasteiger partial charge in [-0.05, 0) is 37.5 Å². The number of nitrogens with zero attached hydrogens (tertiary/aromatic N) is 2. The van der Waals surface area contributed by atoms with Gasteiger partial charge in [0.2, 0.25) is 5.91 Å². The number of likely N-dealkylation sites (tertiary alicyclic amines) is 1. The highest BCUT2D eigenvalue weighted by Crippen LogP contribution is 2.43. The second-order valence-electron chi connectivity index (χ2n) is 8.22. The second kappa shape index (κ2) is 9.68. The Morgan fingerprint density at radius 3 is 2.34 bits per heavy atom. The van der Waals surface area contributed by atoms with Crippen molar-refractivity contribution in [2.75, 3.05) is 13.1 Å². The Kier molecular flexibility index (Phi) is 7.18. The lowest BCUT2D eigenvalue weighted by atomic mass is 9.74. The van der Waals surface area contributed by atoms with E-state index in [0.717, 1.165) is 43.9 Å². The van der Waals surface area contributed by atoms with Crippen LogP contribution in [-0.2, 0) is 16.1 Å². The predicted octanol–water partition coefficient (Wildman–Crippen LogP) is 3.66. The molecular formula is C23H26F3N3O3. The number of pyridine rings is 1. The number of carbonyl (C=O) groups is 2. The van der Waals surface area contributed by atoms with Crippen molar-refractivity contribution in [3.8, 4) is 0 Å². The molecule has 0 saturated carbocycles. The molecule has 2 aliphatic rings. The maximum absolute atomic E-state index is 12.2. The summed E-state index contributed by atoms with van der Waals surface area (Å²) < 4.78 is 31.7. The van der Waals surface area contributed by atoms with E-state index in [-0.39, 0.29) is 11.4 Å². The molecule has 1 spiro atoms. The van der Waals surface area contributed by atoms with Crippen molar-refractivity contribution >= 4 is 11.9 Å². The molecule has 2 aromatic rings. The summed E-state index contributed by atoms with van der Waals surface area (Å²) in [4.78, 5) is 28.1. The highest BCUT2D eigenvalue weighted by atomic mass is 19.4. The second-order valence-corrected chi connectivity index (χ2v) is 8.22. The number of rotatable bonds is 3. The number of carboxylic acid groups (broad SMARTS) is 1. The summed E-state index contributed by atoms with van der Waals surface area (Å²) in [6, 6.07) is 16.7. The Bertz CT molecular complexity index is 942. The highest BCUT2D eigenvalue weighted by molar-refractivity contribution is 5.81. The molecule has 0 bridgehead atoms. The molecule has 2 aliphatic heterocycles. The molecule has 1 atom stereocenters. The van der Waals surface area contributed by atoms with Crippen molar-refractivity contribution in [1.82, 2.24) is 15.2 Å². The number of hydrogen-bond acceptors (Lipinski definition) is 4. The maximum Gasteiger partial charge on any atom is 0.490 e. The zero-order valence-electron chi connectivity index (χ0n) is 17.7. The van der Waals surface area contributed by atoms with E-state index in [2.05, 4.69) is 51.6 Å². The van der Waals surface area contributed by atoms with Gasteiger partial charge in [0.15, 0.2) is 0 Å². The molecule has 1 aromatic carbocycles. The van der Waals surface area contributed by atoms with Gasteiger partial charge in [-0.15, -0.1) is 0 Å². The summed E-state index contributed by atoms with van der Waals surface area (Å²) in [5.74, 6) is -2.27. The number of nitrogens with one attached hydrogen (secondary N) is 1. The molecule has 2 N–H and O–H groups in total. The molecule has 1 aromatic heterocycles. The summed E-state index contributed by atoms with van der Waals surface area (Å²) in [5, 5.41) is 10.5. The van der Waals surface area contributed by atoms with E-state index in [9.17, 15) is 18.0 Å². The first-order valence-corrected chi connectivity index (χ1v) is 10.4. The van der Waals surface area contributed by atoms with Crippen molar-refractivity contribution in [3.05, 3.63) is 65.5 Å². The van der Waals surface area contributed by atoms with Crippen LogP contribution in [0.3, 0.4) is 0 Å². The number of alkyl halides is 3. The third-order valence-corrected chi connectivity index (χ3v) is 5.97. The third-order valence-electron chi connectivity index (χ3n) is 5.97. The van der Waals surface area contributed by atoms with E-state index in [0.29, 0.717) is 12.3 Å². The van der Waals surface area contributed by atoms with Crippen LogP contribution in [0.5, 0.6) is 0 Å². The predicted molar refractivity (Wildman–Crippen MR) is 112 cm³/mol. The molecule has 2 saturated heterocycles. The fourth-order valence-electron chi connectivity index (χ4n) is 4.42. The van der Waals surface area contributed by atoms with E-state index in [1.807, 2.05) is 19.1 Å². The molecule has 0 radical (unpaired) electrons. The van der Waals surface area contributed by atoms with E-state index in [1.165, 1.54) is 5.56 Å². The average Bonchev–Trinajstić information content (AvgIpc) is 3.06. The molecule has 6 nitrogen and oxygen atoms in total. The number of halogens is 3. The Balaban J connectivity index is 0.000000360. The molecule has 1 amide bonds. The maximum atomic E-state index is 12.2. The van der Waals surface area contributed by atoms with Crippen LogP contribution in [0.2, 0.25) is 0 Å². The lowest BCUT2D eigenvalue weighted by Crippen LogP contribution is -2.53. The van der Waals surface area contributed by atoms with Crippen LogP contribution >= 0.6 is 0 Å². The summed E-state index contributed by atoms with van der Waals surface area (Å²) in [6.07, 6.45) is -2.46. The lowest BCUT2D eigenvalue weighted by Gasteiger charge is -2.43. The number of piperidine rings is 1. The van der Waals surface area contributed by atoms with Gasteiger partial charge in [0.05, 0.1) is 5.69 Å². The van der Waals surface area contributed by atoms with E-state index >= 15 is 0 Å². The van der Waals surface area contributed by atoms with Crippen molar-refractivity contribution in [2.45, 2.75) is 50.4 Å². The molecule has 9 heteroatoms. The first-order valence-electron chi connectivity index (χ1n) is 10.4. The Morgan fingerprint density at radius 2 is 1.78 bits per heavy atom. The van der Waals surface area contributed by atoms with Crippen LogP contribution in [0.15, 0.2) is 48.5 Å². The van der Waals surface area contributed by atoms with E-state index < -0.39 is 12.1 Å². The zero-order valence-corrected chi connectivity index (χ0v) is 17.7. The van der Waals surface area contributed by atoms with Crippen LogP contribution in [0.1, 0.15) is 42.1 Å². The van der Waals surface area contributed by atoms with Gasteiger partial charge >= 0.3 is 12.1 Å². The normalized spacial score (nSPS) is 20.4. The summed E-state index contributed by atoms with van der Waals surface area (Å²) in [7, 11) is 0. The molecule has 32 heavy (non-hydrogen) atoms. The average molecular weight is 449 g/mol. The zero-order chi connectivity index (χ0) is 23.4. The highest BCUT2D eigenvalue weighted by Gasteiger charge is 2.48. The summed E-state index contributed by atoms with van der Waals surface area (Å²) in [5.41, 5.74) is 3.41.